The first-order chi connectivity index (χ1) is 12.3. The maximum atomic E-state index is 12.2. The van der Waals surface area contributed by atoms with Crippen LogP contribution in [0, 0.1) is 0 Å². The predicted molar refractivity (Wildman–Crippen MR) is 98.1 cm³/mol. The van der Waals surface area contributed by atoms with Crippen LogP contribution in [0.2, 0.25) is 0 Å². The molecule has 0 aliphatic rings. The number of anilines is 1. The fourth-order valence-electron chi connectivity index (χ4n) is 2.24. The molecular weight excluding hydrogens is 356 g/mol. The number of aromatic nitrogens is 5. The Morgan fingerprint density at radius 2 is 2.12 bits per heavy atom. The first-order valence-corrected chi connectivity index (χ1v) is 9.20. The van der Waals surface area contributed by atoms with Gasteiger partial charge in [-0.05, 0) is 40.8 Å². The number of carbonyl (C=O) groups excluding carboxylic acids is 1. The lowest BCUT2D eigenvalue weighted by Crippen LogP contribution is -2.14. The third kappa shape index (κ3) is 3.67. The molecule has 0 saturated carbocycles. The lowest BCUT2D eigenvalue weighted by Gasteiger charge is -2.06. The van der Waals surface area contributed by atoms with Crippen molar-refractivity contribution in [2.75, 3.05) is 11.1 Å². The number of thioether (sulfide) groups is 1. The van der Waals surface area contributed by atoms with E-state index in [0.29, 0.717) is 11.4 Å². The molecule has 2 aromatic carbocycles. The molecular formula is C16H12N6OS2. The molecule has 0 aliphatic heterocycles. The molecule has 0 radical (unpaired) electrons. The summed E-state index contributed by atoms with van der Waals surface area (Å²) in [6.07, 6.45) is 1.50. The van der Waals surface area contributed by atoms with Crippen molar-refractivity contribution < 1.29 is 4.79 Å². The Hall–Kier alpha value is -2.78. The van der Waals surface area contributed by atoms with Gasteiger partial charge >= 0.3 is 0 Å². The second-order valence-corrected chi connectivity index (χ2v) is 7.34. The zero-order valence-corrected chi connectivity index (χ0v) is 14.5. The number of carbonyl (C=O) groups is 1. The van der Waals surface area contributed by atoms with Crippen LogP contribution in [0.3, 0.4) is 0 Å². The number of amides is 1. The summed E-state index contributed by atoms with van der Waals surface area (Å²) >= 11 is 3.03. The summed E-state index contributed by atoms with van der Waals surface area (Å²) in [7, 11) is 0. The second kappa shape index (κ2) is 6.99. The number of tetrazole rings is 1. The topological polar surface area (TPSA) is 85.6 Å². The van der Waals surface area contributed by atoms with E-state index in [2.05, 4.69) is 25.8 Å². The van der Waals surface area contributed by atoms with Gasteiger partial charge in [-0.3, -0.25) is 4.79 Å². The van der Waals surface area contributed by atoms with E-state index in [-0.39, 0.29) is 5.91 Å². The molecule has 2 heterocycles. The van der Waals surface area contributed by atoms with Crippen LogP contribution in [-0.4, -0.2) is 36.9 Å². The Labute approximate surface area is 151 Å². The summed E-state index contributed by atoms with van der Waals surface area (Å²) in [5, 5.41) is 13.9. The van der Waals surface area contributed by atoms with Crippen LogP contribution < -0.4 is 5.32 Å². The Morgan fingerprint density at radius 3 is 2.96 bits per heavy atom. The number of hydrogen-bond acceptors (Lipinski definition) is 7. The van der Waals surface area contributed by atoms with E-state index in [0.717, 1.165) is 20.2 Å². The van der Waals surface area contributed by atoms with Gasteiger partial charge in [-0.1, -0.05) is 30.0 Å². The average Bonchev–Trinajstić information content (AvgIpc) is 3.29. The number of nitrogens with zero attached hydrogens (tertiary/aromatic N) is 5. The lowest BCUT2D eigenvalue weighted by molar-refractivity contribution is -0.113. The van der Waals surface area contributed by atoms with Gasteiger partial charge < -0.3 is 5.32 Å². The van der Waals surface area contributed by atoms with Crippen molar-refractivity contribution in [3.05, 3.63) is 54.9 Å². The highest BCUT2D eigenvalue weighted by molar-refractivity contribution is 8.01. The van der Waals surface area contributed by atoms with E-state index >= 15 is 0 Å². The number of benzene rings is 2. The van der Waals surface area contributed by atoms with E-state index in [1.807, 2.05) is 48.5 Å². The molecule has 1 N–H and O–H groups in total. The highest BCUT2D eigenvalue weighted by Gasteiger charge is 2.08. The summed E-state index contributed by atoms with van der Waals surface area (Å²) < 4.78 is 3.55. The number of hydrogen-bond donors (Lipinski definition) is 1. The normalized spacial score (nSPS) is 10.9. The molecule has 1 amide bonds. The minimum Gasteiger partial charge on any atom is -0.325 e. The molecule has 0 fully saturated rings. The first-order valence-electron chi connectivity index (χ1n) is 7.39. The minimum atomic E-state index is -0.0851. The van der Waals surface area contributed by atoms with E-state index in [4.69, 9.17) is 0 Å². The van der Waals surface area contributed by atoms with Gasteiger partial charge in [-0.15, -0.1) is 16.4 Å². The van der Waals surface area contributed by atoms with Crippen molar-refractivity contribution in [2.45, 2.75) is 4.34 Å². The van der Waals surface area contributed by atoms with Crippen LogP contribution in [0.5, 0.6) is 0 Å². The Bertz CT molecular complexity index is 981. The van der Waals surface area contributed by atoms with Gasteiger partial charge in [0.2, 0.25) is 5.91 Å². The zero-order chi connectivity index (χ0) is 17.1. The molecule has 0 bridgehead atoms. The SMILES string of the molecule is O=C(CSc1nc2ccccc2s1)Nc1cccc(-n2cnnn2)c1. The molecule has 0 spiro atoms. The number of rotatable bonds is 5. The molecule has 2 aromatic heterocycles. The van der Waals surface area contributed by atoms with Crippen molar-refractivity contribution in [3.8, 4) is 5.69 Å². The summed E-state index contributed by atoms with van der Waals surface area (Å²) in [5.41, 5.74) is 2.44. The molecule has 4 rings (SSSR count). The molecule has 0 atom stereocenters. The number of fused-ring (bicyclic) bond motifs is 1. The van der Waals surface area contributed by atoms with E-state index in [1.54, 1.807) is 11.3 Å². The minimum absolute atomic E-state index is 0.0851. The Balaban J connectivity index is 1.39. The summed E-state index contributed by atoms with van der Waals surface area (Å²) in [6, 6.07) is 15.3. The van der Waals surface area contributed by atoms with Gasteiger partial charge in [0.05, 0.1) is 21.7 Å². The highest BCUT2D eigenvalue weighted by atomic mass is 32.2. The van der Waals surface area contributed by atoms with E-state index in [1.165, 1.54) is 22.8 Å². The molecule has 4 aromatic rings. The largest absolute Gasteiger partial charge is 0.325 e. The van der Waals surface area contributed by atoms with Gasteiger partial charge in [0.1, 0.15) is 6.33 Å². The van der Waals surface area contributed by atoms with Crippen molar-refractivity contribution in [1.82, 2.24) is 25.2 Å². The van der Waals surface area contributed by atoms with Crippen LogP contribution in [0.4, 0.5) is 5.69 Å². The maximum Gasteiger partial charge on any atom is 0.234 e. The zero-order valence-electron chi connectivity index (χ0n) is 12.9. The van der Waals surface area contributed by atoms with Gasteiger partial charge in [-0.2, -0.15) is 0 Å². The third-order valence-electron chi connectivity index (χ3n) is 3.34. The highest BCUT2D eigenvalue weighted by Crippen LogP contribution is 2.29. The Kier molecular flexibility index (Phi) is 4.40. The second-order valence-electron chi connectivity index (χ2n) is 5.09. The number of para-hydroxylation sites is 1. The van der Waals surface area contributed by atoms with Gasteiger partial charge in [0.25, 0.3) is 0 Å². The van der Waals surface area contributed by atoms with Gasteiger partial charge in [0, 0.05) is 5.69 Å². The Morgan fingerprint density at radius 1 is 1.20 bits per heavy atom. The first kappa shape index (κ1) is 15.7. The smallest absolute Gasteiger partial charge is 0.234 e. The summed E-state index contributed by atoms with van der Waals surface area (Å²) in [6.45, 7) is 0. The lowest BCUT2D eigenvalue weighted by atomic mass is 10.3. The van der Waals surface area contributed by atoms with Crippen LogP contribution in [0.15, 0.2) is 59.2 Å². The van der Waals surface area contributed by atoms with Crippen LogP contribution in [0.25, 0.3) is 15.9 Å². The van der Waals surface area contributed by atoms with E-state index in [9.17, 15) is 4.79 Å². The average molecular weight is 368 g/mol. The predicted octanol–water partition coefficient (Wildman–Crippen LogP) is 3.00. The molecule has 25 heavy (non-hydrogen) atoms. The van der Waals surface area contributed by atoms with Crippen LogP contribution in [-0.2, 0) is 4.79 Å². The molecule has 7 nitrogen and oxygen atoms in total. The van der Waals surface area contributed by atoms with Gasteiger partial charge in [0.15, 0.2) is 4.34 Å². The molecule has 0 unspecified atom stereocenters. The standard InChI is InChI=1S/C16H12N6OS2/c23-15(9-24-16-19-13-6-1-2-7-14(13)25-16)18-11-4-3-5-12(8-11)22-10-17-20-21-22/h1-8,10H,9H2,(H,18,23). The van der Waals surface area contributed by atoms with Crippen molar-refractivity contribution in [1.29, 1.82) is 0 Å². The summed E-state index contributed by atoms with van der Waals surface area (Å²) in [4.78, 5) is 16.7. The maximum absolute atomic E-state index is 12.2. The third-order valence-corrected chi connectivity index (χ3v) is 5.52. The number of nitrogens with one attached hydrogen (secondary N) is 1. The molecule has 0 aliphatic carbocycles. The van der Waals surface area contributed by atoms with E-state index < -0.39 is 0 Å². The van der Waals surface area contributed by atoms with Crippen molar-refractivity contribution in [2.24, 2.45) is 0 Å². The van der Waals surface area contributed by atoms with Crippen molar-refractivity contribution >= 4 is 44.9 Å². The molecule has 9 heteroatoms. The fraction of sp³-hybridized carbons (Fsp3) is 0.0625. The van der Waals surface area contributed by atoms with Crippen LogP contribution >= 0.6 is 23.1 Å². The van der Waals surface area contributed by atoms with Gasteiger partial charge in [-0.25, -0.2) is 9.67 Å². The van der Waals surface area contributed by atoms with Crippen LogP contribution in [0.1, 0.15) is 0 Å². The summed E-state index contributed by atoms with van der Waals surface area (Å²) in [5.74, 6) is 0.215. The monoisotopic (exact) mass is 368 g/mol. The quantitative estimate of drug-likeness (QED) is 0.545. The molecule has 0 saturated heterocycles. The fourth-order valence-corrected chi connectivity index (χ4v) is 4.11. The molecule has 124 valence electrons. The number of thiazole rings is 1. The van der Waals surface area contributed by atoms with Crippen molar-refractivity contribution in [3.63, 3.8) is 0 Å².